The average molecular weight is 381 g/mol. The second kappa shape index (κ2) is 9.28. The molecular weight excluding hydrogens is 348 g/mol. The minimum Gasteiger partial charge on any atom is -0.497 e. The molecule has 28 heavy (non-hydrogen) atoms. The van der Waals surface area contributed by atoms with Gasteiger partial charge >= 0.3 is 0 Å². The van der Waals surface area contributed by atoms with Crippen LogP contribution in [0.5, 0.6) is 5.75 Å². The fraction of sp³-hybridized carbons (Fsp3) is 0.522. The zero-order valence-corrected chi connectivity index (χ0v) is 17.0. The molecule has 0 unspecified atom stereocenters. The van der Waals surface area contributed by atoms with E-state index in [1.807, 2.05) is 12.1 Å². The third-order valence-corrected chi connectivity index (χ3v) is 5.78. The summed E-state index contributed by atoms with van der Waals surface area (Å²) in [6, 6.07) is 10.5. The van der Waals surface area contributed by atoms with Gasteiger partial charge in [0.15, 0.2) is 0 Å². The minimum atomic E-state index is 0.815. The zero-order chi connectivity index (χ0) is 19.2. The minimum absolute atomic E-state index is 0.815. The quantitative estimate of drug-likeness (QED) is 0.646. The normalized spacial score (nSPS) is 16.0. The van der Waals surface area contributed by atoms with Crippen LogP contribution in [0, 0.1) is 0 Å². The number of aromatic nitrogens is 1. The van der Waals surface area contributed by atoms with Gasteiger partial charge in [-0.15, -0.1) is 0 Å². The lowest BCUT2D eigenvalue weighted by molar-refractivity contribution is 0.331. The SMILES string of the molecule is COc1cccc(Cc2cc3c(c(NCCCCN4CCCC4)n2)CCN3)c1. The van der Waals surface area contributed by atoms with Crippen LogP contribution in [0.25, 0.3) is 0 Å². The van der Waals surface area contributed by atoms with Gasteiger partial charge in [-0.05, 0) is 75.5 Å². The maximum atomic E-state index is 5.35. The van der Waals surface area contributed by atoms with Crippen LogP contribution in [-0.4, -0.2) is 49.7 Å². The molecular formula is C23H32N4O. The smallest absolute Gasteiger partial charge is 0.131 e. The molecule has 0 saturated carbocycles. The van der Waals surface area contributed by atoms with Gasteiger partial charge in [-0.1, -0.05) is 12.1 Å². The zero-order valence-electron chi connectivity index (χ0n) is 17.0. The van der Waals surface area contributed by atoms with E-state index in [2.05, 4.69) is 33.7 Å². The Balaban J connectivity index is 1.37. The molecule has 1 aromatic heterocycles. The molecule has 0 bridgehead atoms. The molecule has 0 amide bonds. The van der Waals surface area contributed by atoms with Crippen molar-refractivity contribution in [1.82, 2.24) is 9.88 Å². The first-order valence-electron chi connectivity index (χ1n) is 10.7. The highest BCUT2D eigenvalue weighted by Gasteiger charge is 2.17. The van der Waals surface area contributed by atoms with Crippen LogP contribution in [0.3, 0.4) is 0 Å². The Hall–Kier alpha value is -2.27. The van der Waals surface area contributed by atoms with Crippen molar-refractivity contribution in [2.45, 2.75) is 38.5 Å². The van der Waals surface area contributed by atoms with Crippen molar-refractivity contribution < 1.29 is 4.74 Å². The van der Waals surface area contributed by atoms with Crippen molar-refractivity contribution in [3.63, 3.8) is 0 Å². The predicted octanol–water partition coefficient (Wildman–Crippen LogP) is 3.94. The number of anilines is 2. The van der Waals surface area contributed by atoms with Gasteiger partial charge < -0.3 is 20.3 Å². The van der Waals surface area contributed by atoms with Crippen molar-refractivity contribution >= 4 is 11.5 Å². The second-order valence-electron chi connectivity index (χ2n) is 7.88. The molecule has 2 aliphatic rings. The molecule has 0 spiro atoms. The maximum Gasteiger partial charge on any atom is 0.131 e. The van der Waals surface area contributed by atoms with Crippen LogP contribution in [-0.2, 0) is 12.8 Å². The molecule has 4 rings (SSSR count). The topological polar surface area (TPSA) is 49.4 Å². The van der Waals surface area contributed by atoms with Crippen LogP contribution in [0.15, 0.2) is 30.3 Å². The van der Waals surface area contributed by atoms with E-state index >= 15 is 0 Å². The molecule has 0 radical (unpaired) electrons. The standard InChI is InChI=1S/C23H32N4O/c1-28-20-8-6-7-18(16-20)15-19-17-22-21(9-11-24-22)23(26-19)25-10-2-3-12-27-13-4-5-14-27/h6-8,16-17,24H,2-5,9-15H2,1H3,(H,25,26). The van der Waals surface area contributed by atoms with E-state index in [1.165, 1.54) is 62.1 Å². The number of hydrogen-bond donors (Lipinski definition) is 2. The van der Waals surface area contributed by atoms with Gasteiger partial charge in [0.1, 0.15) is 11.6 Å². The lowest BCUT2D eigenvalue weighted by Gasteiger charge is -2.15. The van der Waals surface area contributed by atoms with E-state index in [0.29, 0.717) is 0 Å². The molecule has 1 saturated heterocycles. The van der Waals surface area contributed by atoms with Gasteiger partial charge in [0.05, 0.1) is 7.11 Å². The summed E-state index contributed by atoms with van der Waals surface area (Å²) in [6.07, 6.45) is 7.08. The van der Waals surface area contributed by atoms with Gasteiger partial charge in [0, 0.05) is 36.5 Å². The molecule has 1 fully saturated rings. The summed E-state index contributed by atoms with van der Waals surface area (Å²) in [6.45, 7) is 5.82. The summed E-state index contributed by atoms with van der Waals surface area (Å²) >= 11 is 0. The maximum absolute atomic E-state index is 5.35. The van der Waals surface area contributed by atoms with Crippen LogP contribution >= 0.6 is 0 Å². The van der Waals surface area contributed by atoms with Crippen LogP contribution in [0.2, 0.25) is 0 Å². The number of fused-ring (bicyclic) bond motifs is 1. The highest BCUT2D eigenvalue weighted by Crippen LogP contribution is 2.30. The third kappa shape index (κ3) is 4.76. The molecule has 150 valence electrons. The van der Waals surface area contributed by atoms with E-state index in [1.54, 1.807) is 7.11 Å². The summed E-state index contributed by atoms with van der Waals surface area (Å²) in [5.74, 6) is 1.97. The number of ether oxygens (including phenoxy) is 1. The molecule has 2 aromatic rings. The third-order valence-electron chi connectivity index (χ3n) is 5.78. The summed E-state index contributed by atoms with van der Waals surface area (Å²) in [5.41, 5.74) is 4.91. The van der Waals surface area contributed by atoms with E-state index < -0.39 is 0 Å². The molecule has 3 heterocycles. The predicted molar refractivity (Wildman–Crippen MR) is 116 cm³/mol. The van der Waals surface area contributed by atoms with Crippen molar-refractivity contribution in [1.29, 1.82) is 0 Å². The van der Waals surface area contributed by atoms with Gasteiger partial charge in [-0.2, -0.15) is 0 Å². The molecule has 2 N–H and O–H groups in total. The first kappa shape index (κ1) is 19.1. The molecule has 0 aliphatic carbocycles. The largest absolute Gasteiger partial charge is 0.497 e. The molecule has 1 aromatic carbocycles. The Morgan fingerprint density at radius 3 is 2.93 bits per heavy atom. The summed E-state index contributed by atoms with van der Waals surface area (Å²) in [4.78, 5) is 7.56. The number of hydrogen-bond acceptors (Lipinski definition) is 5. The average Bonchev–Trinajstić information content (AvgIpc) is 3.39. The molecule has 5 nitrogen and oxygen atoms in total. The fourth-order valence-electron chi connectivity index (χ4n) is 4.26. The summed E-state index contributed by atoms with van der Waals surface area (Å²) < 4.78 is 5.35. The Kier molecular flexibility index (Phi) is 6.32. The van der Waals surface area contributed by atoms with E-state index in [0.717, 1.165) is 43.2 Å². The van der Waals surface area contributed by atoms with Crippen molar-refractivity contribution in [2.24, 2.45) is 0 Å². The second-order valence-corrected chi connectivity index (χ2v) is 7.88. The fourth-order valence-corrected chi connectivity index (χ4v) is 4.26. The summed E-state index contributed by atoms with van der Waals surface area (Å²) in [5, 5.41) is 7.14. The lowest BCUT2D eigenvalue weighted by Crippen LogP contribution is -2.21. The number of pyridine rings is 1. The van der Waals surface area contributed by atoms with E-state index in [-0.39, 0.29) is 0 Å². The van der Waals surface area contributed by atoms with E-state index in [9.17, 15) is 0 Å². The Labute approximate surface area is 168 Å². The van der Waals surface area contributed by atoms with Crippen LogP contribution in [0.4, 0.5) is 11.5 Å². The van der Waals surface area contributed by atoms with Crippen molar-refractivity contribution in [2.75, 3.05) is 50.5 Å². The first-order valence-corrected chi connectivity index (χ1v) is 10.7. The number of benzene rings is 1. The van der Waals surface area contributed by atoms with Gasteiger partial charge in [-0.25, -0.2) is 4.98 Å². The molecule has 2 aliphatic heterocycles. The molecule has 0 atom stereocenters. The number of likely N-dealkylation sites (tertiary alicyclic amines) is 1. The Morgan fingerprint density at radius 1 is 1.18 bits per heavy atom. The van der Waals surface area contributed by atoms with Crippen LogP contribution in [0.1, 0.15) is 42.5 Å². The van der Waals surface area contributed by atoms with Crippen LogP contribution < -0.4 is 15.4 Å². The van der Waals surface area contributed by atoms with Crippen molar-refractivity contribution in [3.05, 3.63) is 47.2 Å². The van der Waals surface area contributed by atoms with Gasteiger partial charge in [0.25, 0.3) is 0 Å². The summed E-state index contributed by atoms with van der Waals surface area (Å²) in [7, 11) is 1.71. The van der Waals surface area contributed by atoms with Crippen molar-refractivity contribution in [3.8, 4) is 5.75 Å². The number of rotatable bonds is 9. The lowest BCUT2D eigenvalue weighted by atomic mass is 10.1. The monoisotopic (exact) mass is 380 g/mol. The Bertz CT molecular complexity index is 786. The number of unbranched alkanes of at least 4 members (excludes halogenated alkanes) is 1. The van der Waals surface area contributed by atoms with Gasteiger partial charge in [0.2, 0.25) is 0 Å². The number of methoxy groups -OCH3 is 1. The highest BCUT2D eigenvalue weighted by atomic mass is 16.5. The molecule has 5 heteroatoms. The first-order chi connectivity index (χ1) is 13.8. The number of nitrogens with zero attached hydrogens (tertiary/aromatic N) is 2. The highest BCUT2D eigenvalue weighted by molar-refractivity contribution is 5.66. The Morgan fingerprint density at radius 2 is 2.07 bits per heavy atom. The number of nitrogens with one attached hydrogen (secondary N) is 2. The van der Waals surface area contributed by atoms with E-state index in [4.69, 9.17) is 9.72 Å². The van der Waals surface area contributed by atoms with Gasteiger partial charge in [-0.3, -0.25) is 0 Å².